The van der Waals surface area contributed by atoms with Crippen molar-refractivity contribution in [1.29, 1.82) is 0 Å². The highest BCUT2D eigenvalue weighted by Gasteiger charge is 2.34. The first-order chi connectivity index (χ1) is 15.3. The van der Waals surface area contributed by atoms with Crippen LogP contribution in [0.15, 0.2) is 33.7 Å². The van der Waals surface area contributed by atoms with Gasteiger partial charge in [-0.15, -0.1) is 0 Å². The Kier molecular flexibility index (Phi) is 6.22. The van der Waals surface area contributed by atoms with Gasteiger partial charge in [0.15, 0.2) is 5.62 Å². The van der Waals surface area contributed by atoms with E-state index in [0.29, 0.717) is 45.0 Å². The van der Waals surface area contributed by atoms with Crippen LogP contribution in [0.3, 0.4) is 0 Å². The molecule has 2 aromatic heterocycles. The van der Waals surface area contributed by atoms with Gasteiger partial charge in [0, 0.05) is 38.6 Å². The largest absolute Gasteiger partial charge is 0.361 e. The molecule has 9 heteroatoms. The molecule has 0 N–H and O–H groups in total. The van der Waals surface area contributed by atoms with Gasteiger partial charge < -0.3 is 4.52 Å². The molecule has 0 bridgehead atoms. The number of hydrogen-bond donors (Lipinski definition) is 1. The summed E-state index contributed by atoms with van der Waals surface area (Å²) in [6.45, 7) is 5.86. The maximum atomic E-state index is 14.4. The fourth-order valence-corrected chi connectivity index (χ4v) is 7.33. The summed E-state index contributed by atoms with van der Waals surface area (Å²) in [5.74, 6) is 0.543. The van der Waals surface area contributed by atoms with Gasteiger partial charge in [0.25, 0.3) is 6.43 Å². The maximum absolute atomic E-state index is 14.4. The van der Waals surface area contributed by atoms with Crippen LogP contribution in [0.2, 0.25) is 0 Å². The SMILES string of the molecule is CCN(C1CCCC1)[SH](=O)(C=O)c1cc(-c2c(C)noc2C)cc2nc(C(F)F)ccc12. The molecule has 1 aliphatic rings. The molecule has 6 nitrogen and oxygen atoms in total. The van der Waals surface area contributed by atoms with E-state index in [0.717, 1.165) is 25.7 Å². The zero-order chi connectivity index (χ0) is 23.0. The number of alkyl halides is 2. The Balaban J connectivity index is 2.01. The lowest BCUT2D eigenvalue weighted by molar-refractivity contribution is 0.146. The number of carbonyl (C=O) groups is 1. The molecule has 1 saturated carbocycles. The minimum absolute atomic E-state index is 0.0436. The summed E-state index contributed by atoms with van der Waals surface area (Å²) in [6.07, 6.45) is 1.06. The molecule has 0 spiro atoms. The van der Waals surface area contributed by atoms with E-state index in [9.17, 15) is 17.8 Å². The number of hydrogen-bond acceptors (Lipinski definition) is 5. The van der Waals surface area contributed by atoms with E-state index < -0.39 is 16.5 Å². The van der Waals surface area contributed by atoms with Crippen LogP contribution in [0.1, 0.15) is 56.2 Å². The molecule has 0 aliphatic heterocycles. The summed E-state index contributed by atoms with van der Waals surface area (Å²) in [4.78, 5) is 16.9. The minimum atomic E-state index is -3.68. The molecule has 3 aromatic rings. The molecule has 1 aromatic carbocycles. The van der Waals surface area contributed by atoms with Gasteiger partial charge >= 0.3 is 0 Å². The van der Waals surface area contributed by atoms with Crippen LogP contribution in [-0.4, -0.2) is 36.9 Å². The summed E-state index contributed by atoms with van der Waals surface area (Å²) in [6, 6.07) is 6.15. The summed E-state index contributed by atoms with van der Waals surface area (Å²) < 4.78 is 48.2. The van der Waals surface area contributed by atoms with Gasteiger partial charge in [0.05, 0.1) is 11.2 Å². The first kappa shape index (κ1) is 22.7. The molecule has 0 unspecified atom stereocenters. The van der Waals surface area contributed by atoms with E-state index in [1.807, 2.05) is 6.92 Å². The molecule has 0 atom stereocenters. The topological polar surface area (TPSA) is 76.3 Å². The third-order valence-electron chi connectivity index (χ3n) is 6.29. The first-order valence-electron chi connectivity index (χ1n) is 10.8. The second kappa shape index (κ2) is 8.78. The van der Waals surface area contributed by atoms with Crippen LogP contribution >= 0.6 is 0 Å². The van der Waals surface area contributed by atoms with Gasteiger partial charge in [-0.2, -0.15) is 0 Å². The lowest BCUT2D eigenvalue weighted by Crippen LogP contribution is -2.44. The van der Waals surface area contributed by atoms with E-state index >= 15 is 0 Å². The minimum Gasteiger partial charge on any atom is -0.361 e. The summed E-state index contributed by atoms with van der Waals surface area (Å²) in [5.41, 5.74) is 2.32. The Hall–Kier alpha value is -2.52. The van der Waals surface area contributed by atoms with E-state index in [4.69, 9.17) is 4.52 Å². The lowest BCUT2D eigenvalue weighted by Gasteiger charge is -2.37. The number of aromatic nitrogens is 2. The number of pyridine rings is 1. The van der Waals surface area contributed by atoms with Crippen molar-refractivity contribution in [1.82, 2.24) is 14.4 Å². The number of halogens is 2. The first-order valence-corrected chi connectivity index (χ1v) is 12.5. The molecular formula is C23H27F2N3O3S. The van der Waals surface area contributed by atoms with Gasteiger partial charge in [-0.05, 0) is 56.5 Å². The molecule has 1 fully saturated rings. The lowest BCUT2D eigenvalue weighted by atomic mass is 10.0. The fourth-order valence-electron chi connectivity index (χ4n) is 4.83. The van der Waals surface area contributed by atoms with Crippen molar-refractivity contribution in [2.45, 2.75) is 63.8 Å². The van der Waals surface area contributed by atoms with Crippen molar-refractivity contribution in [2.75, 3.05) is 6.54 Å². The van der Waals surface area contributed by atoms with Gasteiger partial charge in [-0.1, -0.05) is 24.9 Å². The molecule has 2 heterocycles. The summed E-state index contributed by atoms with van der Waals surface area (Å²) in [7, 11) is -3.68. The van der Waals surface area contributed by atoms with Crippen LogP contribution in [0.25, 0.3) is 22.0 Å². The Labute approximate surface area is 186 Å². The molecule has 32 heavy (non-hydrogen) atoms. The van der Waals surface area contributed by atoms with Crippen LogP contribution in [0.5, 0.6) is 0 Å². The van der Waals surface area contributed by atoms with Crippen molar-refractivity contribution in [3.63, 3.8) is 0 Å². The number of thiol groups is 1. The molecule has 0 saturated heterocycles. The molecule has 0 radical (unpaired) electrons. The highest BCUT2D eigenvalue weighted by molar-refractivity contribution is 8.13. The van der Waals surface area contributed by atoms with Crippen molar-refractivity contribution in [2.24, 2.45) is 0 Å². The number of aryl methyl sites for hydroxylation is 2. The predicted octanol–water partition coefficient (Wildman–Crippen LogP) is 5.19. The molecule has 172 valence electrons. The van der Waals surface area contributed by atoms with E-state index in [1.54, 1.807) is 30.3 Å². The van der Waals surface area contributed by atoms with Crippen LogP contribution < -0.4 is 0 Å². The molecule has 1 aliphatic carbocycles. The molecule has 0 amide bonds. The van der Waals surface area contributed by atoms with E-state index in [-0.39, 0.29) is 17.3 Å². The zero-order valence-corrected chi connectivity index (χ0v) is 19.2. The van der Waals surface area contributed by atoms with Crippen molar-refractivity contribution < 1.29 is 22.3 Å². The van der Waals surface area contributed by atoms with E-state index in [2.05, 4.69) is 10.1 Å². The van der Waals surface area contributed by atoms with Crippen LogP contribution in [-0.2, 0) is 14.9 Å². The second-order valence-corrected chi connectivity index (χ2v) is 10.7. The highest BCUT2D eigenvalue weighted by Crippen LogP contribution is 2.39. The molecule has 4 rings (SSSR count). The predicted molar refractivity (Wildman–Crippen MR) is 121 cm³/mol. The Morgan fingerprint density at radius 1 is 1.25 bits per heavy atom. The third-order valence-corrected chi connectivity index (χ3v) is 9.01. The quantitative estimate of drug-likeness (QED) is 0.386. The van der Waals surface area contributed by atoms with Gasteiger partial charge in [0.1, 0.15) is 11.5 Å². The smallest absolute Gasteiger partial charge is 0.280 e. The number of benzene rings is 1. The van der Waals surface area contributed by atoms with Crippen LogP contribution in [0, 0.1) is 13.8 Å². The van der Waals surface area contributed by atoms with Crippen molar-refractivity contribution >= 4 is 26.6 Å². The zero-order valence-electron chi connectivity index (χ0n) is 18.3. The monoisotopic (exact) mass is 463 g/mol. The fraction of sp³-hybridized carbons (Fsp3) is 0.435. The second-order valence-electron chi connectivity index (χ2n) is 8.22. The van der Waals surface area contributed by atoms with Gasteiger partial charge in [-0.25, -0.2) is 18.1 Å². The summed E-state index contributed by atoms with van der Waals surface area (Å²) >= 11 is 0. The number of fused-ring (bicyclic) bond motifs is 1. The third kappa shape index (κ3) is 3.77. The van der Waals surface area contributed by atoms with Gasteiger partial charge in [-0.3, -0.25) is 9.00 Å². The van der Waals surface area contributed by atoms with Crippen LogP contribution in [0.4, 0.5) is 8.78 Å². The maximum Gasteiger partial charge on any atom is 0.280 e. The number of nitrogens with zero attached hydrogens (tertiary/aromatic N) is 3. The summed E-state index contributed by atoms with van der Waals surface area (Å²) in [5, 5.41) is 4.42. The molecular weight excluding hydrogens is 436 g/mol. The average molecular weight is 464 g/mol. The Morgan fingerprint density at radius 2 is 1.97 bits per heavy atom. The van der Waals surface area contributed by atoms with Crippen molar-refractivity contribution in [3.8, 4) is 11.1 Å². The Bertz CT molecular complexity index is 1190. The van der Waals surface area contributed by atoms with Crippen molar-refractivity contribution in [3.05, 3.63) is 41.4 Å². The number of carbonyl (C=O) groups excluding carboxylic acids is 1. The number of rotatable bonds is 7. The highest BCUT2D eigenvalue weighted by atomic mass is 32.3. The van der Waals surface area contributed by atoms with Gasteiger partial charge in [0.2, 0.25) is 0 Å². The normalized spacial score (nSPS) is 15.8. The van der Waals surface area contributed by atoms with E-state index in [1.165, 1.54) is 12.1 Å². The standard InChI is InChI=1S/C23H27F2N3O3S/c1-4-28(17-7-5-6-8-17)32(30,13-29)21-12-16(22-14(2)27-31-15(22)3)11-20-18(21)9-10-19(26-20)23(24)25/h9-13,17,23,32H,4-8H2,1-3H3. The Morgan fingerprint density at radius 3 is 2.53 bits per heavy atom. The average Bonchev–Trinajstić information content (AvgIpc) is 3.42.